The molecule has 0 fully saturated rings. The van der Waals surface area contributed by atoms with Gasteiger partial charge in [-0.1, -0.05) is 13.8 Å². The Hall–Kier alpha value is -0.180. The molecule has 0 radical (unpaired) electrons. The van der Waals surface area contributed by atoms with Crippen LogP contribution in [0.5, 0.6) is 0 Å². The van der Waals surface area contributed by atoms with Gasteiger partial charge in [-0.05, 0) is 25.3 Å². The van der Waals surface area contributed by atoms with E-state index in [1.54, 1.807) is 18.9 Å². The standard InChI is InChI=1S/C6H14N2S/c1-4-5(2)9-8-6(3)7/h5H,4H2,1-3H3,(H2,7,8)/t5-/m0/s1. The lowest BCUT2D eigenvalue weighted by atomic mass is 10.4. The van der Waals surface area contributed by atoms with Gasteiger partial charge in [0, 0.05) is 5.25 Å². The van der Waals surface area contributed by atoms with E-state index in [1.165, 1.54) is 0 Å². The quantitative estimate of drug-likeness (QED) is 0.374. The van der Waals surface area contributed by atoms with Crippen molar-refractivity contribution in [3.63, 3.8) is 0 Å². The van der Waals surface area contributed by atoms with Crippen LogP contribution in [0.4, 0.5) is 0 Å². The van der Waals surface area contributed by atoms with Crippen molar-refractivity contribution in [3.05, 3.63) is 0 Å². The molecule has 0 spiro atoms. The van der Waals surface area contributed by atoms with E-state index >= 15 is 0 Å². The van der Waals surface area contributed by atoms with Gasteiger partial charge in [0.1, 0.15) is 5.84 Å². The smallest absolute Gasteiger partial charge is 0.104 e. The lowest BCUT2D eigenvalue weighted by Gasteiger charge is -2.00. The maximum absolute atomic E-state index is 5.32. The van der Waals surface area contributed by atoms with Crippen molar-refractivity contribution < 1.29 is 0 Å². The van der Waals surface area contributed by atoms with E-state index in [9.17, 15) is 0 Å². The number of nitrogens with two attached hydrogens (primary N) is 1. The SMILES string of the molecule is CC[C@H](C)S/N=C(/C)N. The van der Waals surface area contributed by atoms with Gasteiger partial charge in [-0.15, -0.1) is 0 Å². The molecule has 0 aliphatic rings. The maximum Gasteiger partial charge on any atom is 0.104 e. The molecule has 0 aliphatic heterocycles. The van der Waals surface area contributed by atoms with E-state index in [1.807, 2.05) is 0 Å². The summed E-state index contributed by atoms with van der Waals surface area (Å²) in [6.07, 6.45) is 1.14. The molecule has 54 valence electrons. The first-order chi connectivity index (χ1) is 4.16. The van der Waals surface area contributed by atoms with Crippen molar-refractivity contribution in [2.45, 2.75) is 32.4 Å². The highest BCUT2D eigenvalue weighted by Crippen LogP contribution is 2.13. The molecule has 0 unspecified atom stereocenters. The van der Waals surface area contributed by atoms with Crippen LogP contribution in [-0.2, 0) is 0 Å². The minimum absolute atomic E-state index is 0.587. The summed E-state index contributed by atoms with van der Waals surface area (Å²) < 4.78 is 4.01. The molecule has 0 aromatic rings. The monoisotopic (exact) mass is 146 g/mol. The number of amidine groups is 1. The predicted molar refractivity (Wildman–Crippen MR) is 44.6 cm³/mol. The molecule has 0 aromatic carbocycles. The van der Waals surface area contributed by atoms with E-state index in [0.717, 1.165) is 6.42 Å². The molecular formula is C6H14N2S. The zero-order valence-corrected chi connectivity index (χ0v) is 7.03. The summed E-state index contributed by atoms with van der Waals surface area (Å²) in [5.41, 5.74) is 5.32. The first-order valence-electron chi connectivity index (χ1n) is 3.12. The highest BCUT2D eigenvalue weighted by atomic mass is 32.2. The highest BCUT2D eigenvalue weighted by molar-refractivity contribution is 7.98. The fourth-order valence-electron chi connectivity index (χ4n) is 0.248. The average Bonchev–Trinajstić information content (AvgIpc) is 1.83. The van der Waals surface area contributed by atoms with E-state index < -0.39 is 0 Å². The van der Waals surface area contributed by atoms with Crippen LogP contribution in [0.3, 0.4) is 0 Å². The molecule has 3 heteroatoms. The second kappa shape index (κ2) is 4.68. The molecule has 9 heavy (non-hydrogen) atoms. The van der Waals surface area contributed by atoms with Crippen LogP contribution in [0.25, 0.3) is 0 Å². The zero-order chi connectivity index (χ0) is 7.28. The summed E-state index contributed by atoms with van der Waals surface area (Å²) in [6, 6.07) is 0. The number of nitrogens with zero attached hydrogens (tertiary/aromatic N) is 1. The Labute approximate surface area is 61.1 Å². The van der Waals surface area contributed by atoms with Crippen LogP contribution >= 0.6 is 11.9 Å². The molecular weight excluding hydrogens is 132 g/mol. The molecule has 1 atom stereocenters. The topological polar surface area (TPSA) is 38.4 Å². The van der Waals surface area contributed by atoms with Crippen molar-refractivity contribution in [2.75, 3.05) is 0 Å². The highest BCUT2D eigenvalue weighted by Gasteiger charge is 1.95. The van der Waals surface area contributed by atoms with Crippen LogP contribution in [-0.4, -0.2) is 11.1 Å². The van der Waals surface area contributed by atoms with E-state index in [-0.39, 0.29) is 0 Å². The lowest BCUT2D eigenvalue weighted by molar-refractivity contribution is 0.907. The normalized spacial score (nSPS) is 15.7. The van der Waals surface area contributed by atoms with Gasteiger partial charge >= 0.3 is 0 Å². The van der Waals surface area contributed by atoms with Gasteiger partial charge in [0.05, 0.1) is 0 Å². The Morgan fingerprint density at radius 1 is 1.78 bits per heavy atom. The van der Waals surface area contributed by atoms with Crippen molar-refractivity contribution in [3.8, 4) is 0 Å². The van der Waals surface area contributed by atoms with Crippen molar-refractivity contribution in [1.29, 1.82) is 0 Å². The third kappa shape index (κ3) is 5.69. The zero-order valence-electron chi connectivity index (χ0n) is 6.22. The van der Waals surface area contributed by atoms with Gasteiger partial charge in [0.25, 0.3) is 0 Å². The molecule has 0 rings (SSSR count). The average molecular weight is 146 g/mol. The fraction of sp³-hybridized carbons (Fsp3) is 0.833. The van der Waals surface area contributed by atoms with Gasteiger partial charge in [-0.25, -0.2) is 4.40 Å². The third-order valence-electron chi connectivity index (χ3n) is 0.952. The summed E-state index contributed by atoms with van der Waals surface area (Å²) in [6.45, 7) is 6.07. The van der Waals surface area contributed by atoms with Crippen molar-refractivity contribution >= 4 is 17.8 Å². The molecule has 0 saturated heterocycles. The Kier molecular flexibility index (Phi) is 4.58. The fourth-order valence-corrected chi connectivity index (χ4v) is 0.743. The van der Waals surface area contributed by atoms with Crippen LogP contribution in [0, 0.1) is 0 Å². The molecule has 0 aromatic heterocycles. The van der Waals surface area contributed by atoms with Crippen LogP contribution in [0.2, 0.25) is 0 Å². The number of hydrogen-bond donors (Lipinski definition) is 1. The van der Waals surface area contributed by atoms with Gasteiger partial charge in [0.15, 0.2) is 0 Å². The van der Waals surface area contributed by atoms with Crippen LogP contribution in [0.15, 0.2) is 4.40 Å². The summed E-state index contributed by atoms with van der Waals surface area (Å²) >= 11 is 1.55. The molecule has 0 saturated carbocycles. The summed E-state index contributed by atoms with van der Waals surface area (Å²) in [4.78, 5) is 0. The van der Waals surface area contributed by atoms with E-state index in [0.29, 0.717) is 11.1 Å². The van der Waals surface area contributed by atoms with E-state index in [2.05, 4.69) is 18.2 Å². The molecule has 2 nitrogen and oxygen atoms in total. The Bertz CT molecular complexity index is 97.2. The van der Waals surface area contributed by atoms with Gasteiger partial charge in [0.2, 0.25) is 0 Å². The molecule has 0 amide bonds. The van der Waals surface area contributed by atoms with E-state index in [4.69, 9.17) is 5.73 Å². The summed E-state index contributed by atoms with van der Waals surface area (Å²) in [5, 5.41) is 0.587. The largest absolute Gasteiger partial charge is 0.387 e. The van der Waals surface area contributed by atoms with Gasteiger partial charge < -0.3 is 5.73 Å². The van der Waals surface area contributed by atoms with Crippen LogP contribution < -0.4 is 5.73 Å². The van der Waals surface area contributed by atoms with Crippen LogP contribution in [0.1, 0.15) is 27.2 Å². The third-order valence-corrected chi connectivity index (χ3v) is 2.04. The number of hydrogen-bond acceptors (Lipinski definition) is 2. The van der Waals surface area contributed by atoms with Gasteiger partial charge in [-0.3, -0.25) is 0 Å². The lowest BCUT2D eigenvalue weighted by Crippen LogP contribution is -2.04. The second-order valence-electron chi connectivity index (χ2n) is 2.06. The minimum Gasteiger partial charge on any atom is -0.387 e. The Morgan fingerprint density at radius 2 is 2.33 bits per heavy atom. The minimum atomic E-state index is 0.587. The first kappa shape index (κ1) is 8.82. The number of rotatable bonds is 3. The molecule has 0 bridgehead atoms. The molecule has 0 aliphatic carbocycles. The summed E-state index contributed by atoms with van der Waals surface area (Å²) in [5.74, 6) is 0.653. The molecule has 2 N–H and O–H groups in total. The molecule has 0 heterocycles. The van der Waals surface area contributed by atoms with Crippen molar-refractivity contribution in [1.82, 2.24) is 0 Å². The maximum atomic E-state index is 5.32. The predicted octanol–water partition coefficient (Wildman–Crippen LogP) is 1.81. The Morgan fingerprint density at radius 3 is 2.67 bits per heavy atom. The first-order valence-corrected chi connectivity index (χ1v) is 3.96. The second-order valence-corrected chi connectivity index (χ2v) is 3.26. The Balaban J connectivity index is 3.37. The van der Waals surface area contributed by atoms with Gasteiger partial charge in [-0.2, -0.15) is 0 Å². The summed E-state index contributed by atoms with van der Waals surface area (Å²) in [7, 11) is 0. The van der Waals surface area contributed by atoms with Crippen molar-refractivity contribution in [2.24, 2.45) is 10.1 Å².